The Kier molecular flexibility index (Phi) is 4.42. The van der Waals surface area contributed by atoms with E-state index in [2.05, 4.69) is 10.3 Å². The second kappa shape index (κ2) is 5.88. The van der Waals surface area contributed by atoms with Gasteiger partial charge in [-0.15, -0.1) is 11.3 Å². The predicted octanol–water partition coefficient (Wildman–Crippen LogP) is 2.25. The first kappa shape index (κ1) is 14.3. The van der Waals surface area contributed by atoms with Gasteiger partial charge in [-0.05, 0) is 27.7 Å². The molecule has 106 valence electrons. The highest BCUT2D eigenvalue weighted by molar-refractivity contribution is 7.11. The summed E-state index contributed by atoms with van der Waals surface area (Å²) in [6.45, 7) is 9.86. The van der Waals surface area contributed by atoms with Crippen LogP contribution in [-0.2, 0) is 4.74 Å². The molecule has 0 bridgehead atoms. The van der Waals surface area contributed by atoms with E-state index in [0.29, 0.717) is 19.8 Å². The van der Waals surface area contributed by atoms with Gasteiger partial charge in [-0.1, -0.05) is 0 Å². The third kappa shape index (κ3) is 3.25. The number of thiazole rings is 1. The molecule has 0 aliphatic carbocycles. The molecule has 1 N–H and O–H groups in total. The molecule has 2 amide bonds. The topological polar surface area (TPSA) is 54.5 Å². The van der Waals surface area contributed by atoms with Crippen molar-refractivity contribution >= 4 is 17.4 Å². The van der Waals surface area contributed by atoms with E-state index in [1.165, 1.54) is 0 Å². The Morgan fingerprint density at radius 1 is 1.58 bits per heavy atom. The van der Waals surface area contributed by atoms with Crippen LogP contribution in [-0.4, -0.2) is 41.7 Å². The summed E-state index contributed by atoms with van der Waals surface area (Å²) in [7, 11) is 0. The van der Waals surface area contributed by atoms with Gasteiger partial charge in [0.05, 0.1) is 36.0 Å². The number of hydrogen-bond donors (Lipinski definition) is 1. The van der Waals surface area contributed by atoms with Gasteiger partial charge in [0.1, 0.15) is 0 Å². The Labute approximate surface area is 118 Å². The van der Waals surface area contributed by atoms with Crippen molar-refractivity contribution in [3.8, 4) is 0 Å². The van der Waals surface area contributed by atoms with Crippen molar-refractivity contribution < 1.29 is 9.53 Å². The number of hydrogen-bond acceptors (Lipinski definition) is 4. The standard InChI is InChI=1S/C13H21N3O2S/c1-8-7-18-6-5-16(8)13(17)15-10(3)12-9(2)14-11(4)19-12/h8,10H,5-7H2,1-4H3,(H,15,17)/t8-,10-/m1/s1. The highest BCUT2D eigenvalue weighted by atomic mass is 32.1. The molecule has 2 rings (SSSR count). The Bertz CT molecular complexity index is 461. The van der Waals surface area contributed by atoms with Crippen LogP contribution in [0, 0.1) is 13.8 Å². The molecule has 1 aromatic heterocycles. The first-order valence-electron chi connectivity index (χ1n) is 6.58. The fraction of sp³-hybridized carbons (Fsp3) is 0.692. The highest BCUT2D eigenvalue weighted by Gasteiger charge is 2.25. The van der Waals surface area contributed by atoms with E-state index in [4.69, 9.17) is 4.74 Å². The number of carbonyl (C=O) groups is 1. The van der Waals surface area contributed by atoms with Crippen LogP contribution in [0.4, 0.5) is 4.79 Å². The van der Waals surface area contributed by atoms with Crippen LogP contribution >= 0.6 is 11.3 Å². The minimum absolute atomic E-state index is 0.00579. The maximum absolute atomic E-state index is 12.3. The lowest BCUT2D eigenvalue weighted by atomic mass is 10.2. The third-order valence-corrected chi connectivity index (χ3v) is 4.56. The Hall–Kier alpha value is -1.14. The lowest BCUT2D eigenvalue weighted by Gasteiger charge is -2.34. The van der Waals surface area contributed by atoms with Gasteiger partial charge in [-0.2, -0.15) is 0 Å². The van der Waals surface area contributed by atoms with Crippen LogP contribution in [0.1, 0.15) is 35.5 Å². The molecule has 1 aliphatic heterocycles. The lowest BCUT2D eigenvalue weighted by molar-refractivity contribution is 0.0185. The summed E-state index contributed by atoms with van der Waals surface area (Å²) in [6.07, 6.45) is 0. The van der Waals surface area contributed by atoms with Crippen LogP contribution in [0.2, 0.25) is 0 Å². The second-order valence-corrected chi connectivity index (χ2v) is 6.21. The zero-order valence-electron chi connectivity index (χ0n) is 11.9. The molecule has 2 atom stereocenters. The van der Waals surface area contributed by atoms with Crippen molar-refractivity contribution in [3.63, 3.8) is 0 Å². The summed E-state index contributed by atoms with van der Waals surface area (Å²) in [5.41, 5.74) is 1.00. The van der Waals surface area contributed by atoms with Gasteiger partial charge in [-0.25, -0.2) is 9.78 Å². The molecule has 0 radical (unpaired) electrons. The number of amides is 2. The van der Waals surface area contributed by atoms with E-state index in [0.717, 1.165) is 15.6 Å². The van der Waals surface area contributed by atoms with Gasteiger partial charge in [0.2, 0.25) is 0 Å². The fourth-order valence-corrected chi connectivity index (χ4v) is 3.24. The van der Waals surface area contributed by atoms with E-state index in [1.54, 1.807) is 11.3 Å². The average molecular weight is 283 g/mol. The van der Waals surface area contributed by atoms with E-state index < -0.39 is 0 Å². The molecule has 1 saturated heterocycles. The Morgan fingerprint density at radius 2 is 2.32 bits per heavy atom. The van der Waals surface area contributed by atoms with Crippen molar-refractivity contribution in [3.05, 3.63) is 15.6 Å². The molecule has 5 nitrogen and oxygen atoms in total. The zero-order chi connectivity index (χ0) is 14.0. The molecule has 2 heterocycles. The third-order valence-electron chi connectivity index (χ3n) is 3.30. The number of rotatable bonds is 2. The summed E-state index contributed by atoms with van der Waals surface area (Å²) >= 11 is 1.64. The van der Waals surface area contributed by atoms with E-state index in [1.807, 2.05) is 32.6 Å². The monoisotopic (exact) mass is 283 g/mol. The number of urea groups is 1. The molecule has 0 unspecified atom stereocenters. The minimum atomic E-state index is -0.0197. The Morgan fingerprint density at radius 3 is 2.89 bits per heavy atom. The molecule has 6 heteroatoms. The molecule has 1 aromatic rings. The summed E-state index contributed by atoms with van der Waals surface area (Å²) in [5, 5.41) is 4.09. The molecule has 1 fully saturated rings. The van der Waals surface area contributed by atoms with Crippen molar-refractivity contribution in [2.24, 2.45) is 0 Å². The maximum Gasteiger partial charge on any atom is 0.318 e. The number of nitrogens with zero attached hydrogens (tertiary/aromatic N) is 2. The molecule has 19 heavy (non-hydrogen) atoms. The van der Waals surface area contributed by atoms with Gasteiger partial charge in [0.15, 0.2) is 0 Å². The minimum Gasteiger partial charge on any atom is -0.377 e. The number of aryl methyl sites for hydroxylation is 2. The maximum atomic E-state index is 12.3. The van der Waals surface area contributed by atoms with Gasteiger partial charge < -0.3 is 15.0 Å². The molecular formula is C13H21N3O2S. The van der Waals surface area contributed by atoms with E-state index >= 15 is 0 Å². The van der Waals surface area contributed by atoms with Gasteiger partial charge in [0.25, 0.3) is 0 Å². The zero-order valence-corrected chi connectivity index (χ0v) is 12.7. The smallest absolute Gasteiger partial charge is 0.318 e. The first-order valence-corrected chi connectivity index (χ1v) is 7.39. The van der Waals surface area contributed by atoms with Crippen LogP contribution in [0.5, 0.6) is 0 Å². The molecular weight excluding hydrogens is 262 g/mol. The van der Waals surface area contributed by atoms with Crippen molar-refractivity contribution in [1.82, 2.24) is 15.2 Å². The van der Waals surface area contributed by atoms with Crippen LogP contribution in [0.15, 0.2) is 0 Å². The number of nitrogens with one attached hydrogen (secondary N) is 1. The summed E-state index contributed by atoms with van der Waals surface area (Å²) in [4.78, 5) is 19.6. The number of ether oxygens (including phenoxy) is 1. The van der Waals surface area contributed by atoms with E-state index in [-0.39, 0.29) is 18.1 Å². The van der Waals surface area contributed by atoms with Crippen molar-refractivity contribution in [1.29, 1.82) is 0 Å². The SMILES string of the molecule is Cc1nc(C)c([C@@H](C)NC(=O)N2CCOC[C@H]2C)s1. The lowest BCUT2D eigenvalue weighted by Crippen LogP contribution is -2.51. The number of aromatic nitrogens is 1. The Balaban J connectivity index is 2.00. The van der Waals surface area contributed by atoms with Crippen LogP contribution in [0.3, 0.4) is 0 Å². The number of carbonyl (C=O) groups excluding carboxylic acids is 1. The van der Waals surface area contributed by atoms with Gasteiger partial charge >= 0.3 is 6.03 Å². The average Bonchev–Trinajstić information content (AvgIpc) is 2.69. The molecule has 0 saturated carbocycles. The van der Waals surface area contributed by atoms with Gasteiger partial charge in [-0.3, -0.25) is 0 Å². The summed E-state index contributed by atoms with van der Waals surface area (Å²) in [5.74, 6) is 0. The van der Waals surface area contributed by atoms with Crippen LogP contribution < -0.4 is 5.32 Å². The molecule has 1 aliphatic rings. The molecule has 0 aromatic carbocycles. The highest BCUT2D eigenvalue weighted by Crippen LogP contribution is 2.24. The van der Waals surface area contributed by atoms with Gasteiger partial charge in [0, 0.05) is 11.4 Å². The largest absolute Gasteiger partial charge is 0.377 e. The molecule has 0 spiro atoms. The van der Waals surface area contributed by atoms with E-state index in [9.17, 15) is 4.79 Å². The van der Waals surface area contributed by atoms with Crippen LogP contribution in [0.25, 0.3) is 0 Å². The fourth-order valence-electron chi connectivity index (χ4n) is 2.31. The number of morpholine rings is 1. The van der Waals surface area contributed by atoms with Crippen molar-refractivity contribution in [2.45, 2.75) is 39.8 Å². The normalized spacial score (nSPS) is 21.3. The summed E-state index contributed by atoms with van der Waals surface area (Å²) < 4.78 is 5.34. The second-order valence-electron chi connectivity index (χ2n) is 4.97. The van der Waals surface area contributed by atoms with Crippen molar-refractivity contribution in [2.75, 3.05) is 19.8 Å². The predicted molar refractivity (Wildman–Crippen MR) is 75.5 cm³/mol. The summed E-state index contributed by atoms with van der Waals surface area (Å²) in [6, 6.07) is 0.104. The quantitative estimate of drug-likeness (QED) is 0.905. The first-order chi connectivity index (χ1) is 8.99.